The fourth-order valence-corrected chi connectivity index (χ4v) is 2.19. The van der Waals surface area contributed by atoms with Crippen LogP contribution in [0.25, 0.3) is 10.6 Å². The molecule has 0 spiro atoms. The van der Waals surface area contributed by atoms with E-state index in [4.69, 9.17) is 21.1 Å². The van der Waals surface area contributed by atoms with Crippen LogP contribution in [-0.4, -0.2) is 20.5 Å². The van der Waals surface area contributed by atoms with E-state index in [9.17, 15) is 4.79 Å². The average Bonchev–Trinajstić information content (AvgIpc) is 2.56. The van der Waals surface area contributed by atoms with Gasteiger partial charge < -0.3 is 9.47 Å². The molecule has 0 unspecified atom stereocenters. The van der Waals surface area contributed by atoms with Crippen LogP contribution in [0.5, 0.6) is 11.5 Å². The zero-order valence-corrected chi connectivity index (χ0v) is 12.6. The van der Waals surface area contributed by atoms with Crippen LogP contribution in [0.4, 0.5) is 0 Å². The molecule has 0 aromatic heterocycles. The lowest BCUT2D eigenvalue weighted by Gasteiger charge is -2.07. The summed E-state index contributed by atoms with van der Waals surface area (Å²) in [6.45, 7) is 0. The molecule has 2 aromatic carbocycles. The molecule has 21 heavy (non-hydrogen) atoms. The number of ether oxygens (including phenoxy) is 2. The van der Waals surface area contributed by atoms with E-state index in [1.165, 1.54) is 0 Å². The number of aldehydes is 1. The van der Waals surface area contributed by atoms with Crippen LogP contribution in [0.1, 0.15) is 11.1 Å². The summed E-state index contributed by atoms with van der Waals surface area (Å²) in [6, 6.07) is 14.4. The van der Waals surface area contributed by atoms with Gasteiger partial charge in [0, 0.05) is 5.57 Å². The molecule has 0 aliphatic rings. The van der Waals surface area contributed by atoms with E-state index in [1.807, 2.05) is 12.1 Å². The highest BCUT2D eigenvalue weighted by molar-refractivity contribution is 6.55. The maximum absolute atomic E-state index is 11.4. The average molecular weight is 303 g/mol. The van der Waals surface area contributed by atoms with Crippen LogP contribution in [0.2, 0.25) is 0 Å². The molecule has 0 saturated carbocycles. The number of carbonyl (C=O) groups is 1. The minimum atomic E-state index is 0.401. The van der Waals surface area contributed by atoms with Crippen molar-refractivity contribution in [3.8, 4) is 11.5 Å². The minimum Gasteiger partial charge on any atom is -0.497 e. The van der Waals surface area contributed by atoms with E-state index < -0.39 is 0 Å². The smallest absolute Gasteiger partial charge is 0.152 e. The molecule has 3 nitrogen and oxygen atoms in total. The third-order valence-corrected chi connectivity index (χ3v) is 3.52. The Balaban J connectivity index is 2.41. The molecule has 0 heterocycles. The third kappa shape index (κ3) is 3.44. The Morgan fingerprint density at radius 1 is 0.857 bits per heavy atom. The Bertz CT molecular complexity index is 643. The van der Waals surface area contributed by atoms with Gasteiger partial charge in [-0.2, -0.15) is 0 Å². The van der Waals surface area contributed by atoms with Gasteiger partial charge in [-0.05, 0) is 47.5 Å². The summed E-state index contributed by atoms with van der Waals surface area (Å²) in [4.78, 5) is 11.4. The SMILES string of the molecule is COc1ccc(C(Cl)=C(C=O)c2ccc(OC)cc2)cc1. The highest BCUT2D eigenvalue weighted by atomic mass is 35.5. The van der Waals surface area contributed by atoms with Gasteiger partial charge >= 0.3 is 0 Å². The quantitative estimate of drug-likeness (QED) is 0.475. The molecule has 4 heteroatoms. The van der Waals surface area contributed by atoms with Gasteiger partial charge in [0.1, 0.15) is 11.5 Å². The molecule has 0 saturated heterocycles. The fourth-order valence-electron chi connectivity index (χ4n) is 1.91. The molecule has 108 valence electrons. The van der Waals surface area contributed by atoms with Gasteiger partial charge in [0.15, 0.2) is 6.29 Å². The summed E-state index contributed by atoms with van der Waals surface area (Å²) >= 11 is 6.35. The van der Waals surface area contributed by atoms with Gasteiger partial charge in [0.25, 0.3) is 0 Å². The lowest BCUT2D eigenvalue weighted by Crippen LogP contribution is -1.91. The van der Waals surface area contributed by atoms with Gasteiger partial charge in [0.2, 0.25) is 0 Å². The van der Waals surface area contributed by atoms with Crippen molar-refractivity contribution < 1.29 is 14.3 Å². The molecule has 0 aliphatic carbocycles. The number of rotatable bonds is 5. The second-order valence-corrected chi connectivity index (χ2v) is 4.68. The summed E-state index contributed by atoms with van der Waals surface area (Å²) in [5.41, 5.74) is 1.94. The van der Waals surface area contributed by atoms with Gasteiger partial charge in [-0.3, -0.25) is 4.79 Å². The summed E-state index contributed by atoms with van der Waals surface area (Å²) < 4.78 is 10.2. The van der Waals surface area contributed by atoms with Gasteiger partial charge in [-0.15, -0.1) is 0 Å². The Morgan fingerprint density at radius 3 is 1.67 bits per heavy atom. The fraction of sp³-hybridized carbons (Fsp3) is 0.118. The van der Waals surface area contributed by atoms with E-state index >= 15 is 0 Å². The summed E-state index contributed by atoms with van der Waals surface area (Å²) in [7, 11) is 3.19. The van der Waals surface area contributed by atoms with Crippen molar-refractivity contribution in [2.45, 2.75) is 0 Å². The summed E-state index contributed by atoms with van der Waals surface area (Å²) in [5.74, 6) is 1.46. The van der Waals surface area contributed by atoms with Crippen LogP contribution >= 0.6 is 11.6 Å². The van der Waals surface area contributed by atoms with Crippen molar-refractivity contribution >= 4 is 28.5 Å². The molecular formula is C17H15ClO3. The Labute approximate surface area is 128 Å². The van der Waals surface area contributed by atoms with E-state index in [2.05, 4.69) is 0 Å². The molecular weight excluding hydrogens is 288 g/mol. The first-order valence-electron chi connectivity index (χ1n) is 6.33. The third-order valence-electron chi connectivity index (χ3n) is 3.10. The van der Waals surface area contributed by atoms with Crippen molar-refractivity contribution in [1.82, 2.24) is 0 Å². The molecule has 0 amide bonds. The van der Waals surface area contributed by atoms with Gasteiger partial charge in [0.05, 0.1) is 19.3 Å². The highest BCUT2D eigenvalue weighted by Crippen LogP contribution is 2.30. The first kappa shape index (κ1) is 15.1. The number of benzene rings is 2. The van der Waals surface area contributed by atoms with Gasteiger partial charge in [-0.1, -0.05) is 23.7 Å². The van der Waals surface area contributed by atoms with Crippen LogP contribution in [0, 0.1) is 0 Å². The standard InChI is InChI=1S/C17H15ClO3/c1-20-14-7-3-12(4-8-14)16(11-19)17(18)13-5-9-15(21-2)10-6-13/h3-11H,1-2H3. The van der Waals surface area contributed by atoms with E-state index in [-0.39, 0.29) is 0 Å². The van der Waals surface area contributed by atoms with Crippen molar-refractivity contribution in [2.75, 3.05) is 14.2 Å². The normalized spacial score (nSPS) is 11.6. The molecule has 0 atom stereocenters. The van der Waals surface area contributed by atoms with E-state index in [0.717, 1.165) is 28.9 Å². The summed E-state index contributed by atoms with van der Waals surface area (Å²) in [5, 5.41) is 0.401. The Morgan fingerprint density at radius 2 is 1.29 bits per heavy atom. The number of allylic oxidation sites excluding steroid dienone is 1. The van der Waals surface area contributed by atoms with Crippen molar-refractivity contribution in [2.24, 2.45) is 0 Å². The zero-order chi connectivity index (χ0) is 15.2. The van der Waals surface area contributed by atoms with Crippen LogP contribution in [0.15, 0.2) is 48.5 Å². The number of carbonyl (C=O) groups excluding carboxylic acids is 1. The number of hydrogen-bond donors (Lipinski definition) is 0. The molecule has 0 N–H and O–H groups in total. The van der Waals surface area contributed by atoms with Crippen molar-refractivity contribution in [3.05, 3.63) is 59.7 Å². The molecule has 2 aromatic rings. The minimum absolute atomic E-state index is 0.401. The maximum Gasteiger partial charge on any atom is 0.152 e. The number of hydrogen-bond acceptors (Lipinski definition) is 3. The second kappa shape index (κ2) is 6.95. The highest BCUT2D eigenvalue weighted by Gasteiger charge is 2.09. The van der Waals surface area contributed by atoms with Crippen molar-refractivity contribution in [1.29, 1.82) is 0 Å². The zero-order valence-electron chi connectivity index (χ0n) is 11.8. The predicted molar refractivity (Wildman–Crippen MR) is 84.7 cm³/mol. The largest absolute Gasteiger partial charge is 0.497 e. The predicted octanol–water partition coefficient (Wildman–Crippen LogP) is 4.01. The maximum atomic E-state index is 11.4. The Kier molecular flexibility index (Phi) is 5.01. The topological polar surface area (TPSA) is 35.5 Å². The number of methoxy groups -OCH3 is 2. The molecule has 0 bridgehead atoms. The summed E-state index contributed by atoms with van der Waals surface area (Å²) in [6.07, 6.45) is 0.758. The van der Waals surface area contributed by atoms with Gasteiger partial charge in [-0.25, -0.2) is 0 Å². The first-order valence-corrected chi connectivity index (χ1v) is 6.71. The molecule has 0 aliphatic heterocycles. The first-order chi connectivity index (χ1) is 10.2. The second-order valence-electron chi connectivity index (χ2n) is 4.30. The molecule has 2 rings (SSSR count). The lowest BCUT2D eigenvalue weighted by atomic mass is 10.0. The van der Waals surface area contributed by atoms with E-state index in [0.29, 0.717) is 10.6 Å². The van der Waals surface area contributed by atoms with E-state index in [1.54, 1.807) is 50.6 Å². The number of halogens is 1. The van der Waals surface area contributed by atoms with Crippen LogP contribution in [-0.2, 0) is 4.79 Å². The van der Waals surface area contributed by atoms with Crippen LogP contribution < -0.4 is 9.47 Å². The Hall–Kier alpha value is -2.26. The van der Waals surface area contributed by atoms with Crippen molar-refractivity contribution in [3.63, 3.8) is 0 Å². The van der Waals surface area contributed by atoms with Crippen LogP contribution in [0.3, 0.4) is 0 Å². The lowest BCUT2D eigenvalue weighted by molar-refractivity contribution is -0.103. The molecule has 0 fully saturated rings. The monoisotopic (exact) mass is 302 g/mol. The molecule has 0 radical (unpaired) electrons.